The minimum Gasteiger partial charge on any atom is -0.490 e. The molecule has 3 N–H and O–H groups in total. The number of aromatic nitrogens is 2. The number of aromatic amines is 1. The van der Waals surface area contributed by atoms with Gasteiger partial charge in [-0.15, -0.1) is 0 Å². The molecule has 174 valence electrons. The van der Waals surface area contributed by atoms with Crippen molar-refractivity contribution in [3.63, 3.8) is 0 Å². The highest BCUT2D eigenvalue weighted by atomic mass is 16.5. The van der Waals surface area contributed by atoms with Crippen LogP contribution < -0.4 is 20.1 Å². The Morgan fingerprint density at radius 2 is 2.09 bits per heavy atom. The Balaban J connectivity index is 1.30. The van der Waals surface area contributed by atoms with Crippen LogP contribution in [0.3, 0.4) is 0 Å². The topological polar surface area (TPSA) is 92.8 Å². The molecule has 1 aliphatic carbocycles. The van der Waals surface area contributed by atoms with Crippen molar-refractivity contribution in [1.82, 2.24) is 15.5 Å². The lowest BCUT2D eigenvalue weighted by atomic mass is 10.1. The predicted molar refractivity (Wildman–Crippen MR) is 126 cm³/mol. The Hall–Kier alpha value is -2.74. The molecule has 1 aliphatic heterocycles. The molecular formula is C24H35N5O3. The van der Waals surface area contributed by atoms with Crippen molar-refractivity contribution in [1.29, 1.82) is 0 Å². The second-order valence-corrected chi connectivity index (χ2v) is 8.49. The van der Waals surface area contributed by atoms with E-state index in [4.69, 9.17) is 19.2 Å². The van der Waals surface area contributed by atoms with Crippen LogP contribution in [0.1, 0.15) is 43.4 Å². The molecule has 1 aromatic heterocycles. The molecule has 2 aromatic rings. The zero-order chi connectivity index (χ0) is 22.0. The summed E-state index contributed by atoms with van der Waals surface area (Å²) in [6.45, 7) is 6.63. The van der Waals surface area contributed by atoms with Gasteiger partial charge in [0.2, 0.25) is 0 Å². The van der Waals surface area contributed by atoms with Crippen molar-refractivity contribution in [2.24, 2.45) is 10.9 Å². The van der Waals surface area contributed by atoms with Gasteiger partial charge in [-0.25, -0.2) is 0 Å². The third-order valence-corrected chi connectivity index (χ3v) is 5.63. The highest BCUT2D eigenvalue weighted by Crippen LogP contribution is 2.32. The summed E-state index contributed by atoms with van der Waals surface area (Å²) >= 11 is 0. The minimum atomic E-state index is 0.671. The maximum absolute atomic E-state index is 5.82. The van der Waals surface area contributed by atoms with E-state index in [2.05, 4.69) is 27.8 Å². The Morgan fingerprint density at radius 1 is 1.22 bits per heavy atom. The van der Waals surface area contributed by atoms with E-state index in [1.807, 2.05) is 24.4 Å². The first-order chi connectivity index (χ1) is 15.8. The number of hydrogen-bond acceptors (Lipinski definition) is 5. The van der Waals surface area contributed by atoms with Gasteiger partial charge >= 0.3 is 0 Å². The van der Waals surface area contributed by atoms with Gasteiger partial charge in [-0.3, -0.25) is 10.1 Å². The SMILES string of the molecule is Cc1[nH]ncc1CCCN=C(NCCCOCC1CC1)Nc1ccc2c(c1)OCCCO2. The van der Waals surface area contributed by atoms with E-state index in [0.717, 1.165) is 86.7 Å². The summed E-state index contributed by atoms with van der Waals surface area (Å²) in [5.41, 5.74) is 3.30. The van der Waals surface area contributed by atoms with E-state index in [9.17, 15) is 0 Å². The zero-order valence-electron chi connectivity index (χ0n) is 19.0. The van der Waals surface area contributed by atoms with Gasteiger partial charge in [-0.1, -0.05) is 0 Å². The normalized spacial score (nSPS) is 16.0. The van der Waals surface area contributed by atoms with Gasteiger partial charge in [-0.05, 0) is 62.6 Å². The second-order valence-electron chi connectivity index (χ2n) is 8.49. The second kappa shape index (κ2) is 11.8. The van der Waals surface area contributed by atoms with Gasteiger partial charge in [0.1, 0.15) is 0 Å². The van der Waals surface area contributed by atoms with Gasteiger partial charge in [0.05, 0.1) is 19.4 Å². The third kappa shape index (κ3) is 7.15. The number of H-pyrrole nitrogens is 1. The fraction of sp³-hybridized carbons (Fsp3) is 0.583. The summed E-state index contributed by atoms with van der Waals surface area (Å²) < 4.78 is 17.3. The van der Waals surface area contributed by atoms with Crippen LogP contribution in [0.25, 0.3) is 0 Å². The number of fused-ring (bicyclic) bond motifs is 1. The van der Waals surface area contributed by atoms with Crippen LogP contribution in [0.15, 0.2) is 29.4 Å². The first kappa shape index (κ1) is 22.5. The summed E-state index contributed by atoms with van der Waals surface area (Å²) in [5, 5.41) is 13.9. The largest absolute Gasteiger partial charge is 0.490 e. The number of aryl methyl sites for hydroxylation is 2. The maximum atomic E-state index is 5.82. The molecule has 0 atom stereocenters. The van der Waals surface area contributed by atoms with E-state index < -0.39 is 0 Å². The summed E-state index contributed by atoms with van der Waals surface area (Å²) in [4.78, 5) is 4.79. The van der Waals surface area contributed by atoms with Crippen LogP contribution >= 0.6 is 0 Å². The van der Waals surface area contributed by atoms with Crippen molar-refractivity contribution in [2.75, 3.05) is 44.8 Å². The number of benzene rings is 1. The van der Waals surface area contributed by atoms with Crippen LogP contribution in [0.5, 0.6) is 11.5 Å². The number of anilines is 1. The third-order valence-electron chi connectivity index (χ3n) is 5.63. The molecule has 0 unspecified atom stereocenters. The first-order valence-electron chi connectivity index (χ1n) is 11.8. The highest BCUT2D eigenvalue weighted by molar-refractivity contribution is 5.93. The number of rotatable bonds is 11. The van der Waals surface area contributed by atoms with Gasteiger partial charge < -0.3 is 24.8 Å². The minimum absolute atomic E-state index is 0.671. The molecule has 1 fully saturated rings. The molecule has 2 aliphatic rings. The molecule has 0 saturated heterocycles. The van der Waals surface area contributed by atoms with Crippen molar-refractivity contribution in [3.8, 4) is 11.5 Å². The molecule has 0 amide bonds. The molecule has 4 rings (SSSR count). The Kier molecular flexibility index (Phi) is 8.25. The lowest BCUT2D eigenvalue weighted by Gasteiger charge is -2.15. The molecule has 0 bridgehead atoms. The predicted octanol–water partition coefficient (Wildman–Crippen LogP) is 3.69. The van der Waals surface area contributed by atoms with E-state index in [-0.39, 0.29) is 0 Å². The number of ether oxygens (including phenoxy) is 3. The number of guanidine groups is 1. The lowest BCUT2D eigenvalue weighted by molar-refractivity contribution is 0.123. The Labute approximate surface area is 190 Å². The number of aliphatic imine (C=N–C) groups is 1. The number of nitrogens with one attached hydrogen (secondary N) is 3. The standard InChI is InChI=1S/C24H35N5O3/c1-18-20(16-27-29-18)5-2-10-25-24(26-11-3-12-30-17-19-6-7-19)28-21-8-9-22-23(15-21)32-14-4-13-31-22/h8-9,15-16,19H,2-7,10-14,17H2,1H3,(H,27,29)(H2,25,26,28). The van der Waals surface area contributed by atoms with Crippen molar-refractivity contribution >= 4 is 11.6 Å². The quantitative estimate of drug-likeness (QED) is 0.280. The summed E-state index contributed by atoms with van der Waals surface area (Å²) in [6, 6.07) is 5.93. The van der Waals surface area contributed by atoms with E-state index >= 15 is 0 Å². The van der Waals surface area contributed by atoms with Gasteiger partial charge in [0, 0.05) is 50.2 Å². The van der Waals surface area contributed by atoms with E-state index in [0.29, 0.717) is 13.2 Å². The molecule has 2 heterocycles. The number of hydrogen-bond donors (Lipinski definition) is 3. The number of nitrogens with zero attached hydrogens (tertiary/aromatic N) is 2. The van der Waals surface area contributed by atoms with Crippen LogP contribution in [0.4, 0.5) is 5.69 Å². The van der Waals surface area contributed by atoms with Crippen LogP contribution in [0.2, 0.25) is 0 Å². The summed E-state index contributed by atoms with van der Waals surface area (Å²) in [5.74, 6) is 3.14. The van der Waals surface area contributed by atoms with E-state index in [1.165, 1.54) is 18.4 Å². The fourth-order valence-corrected chi connectivity index (χ4v) is 3.52. The Morgan fingerprint density at radius 3 is 2.91 bits per heavy atom. The Bertz CT molecular complexity index is 878. The zero-order valence-corrected chi connectivity index (χ0v) is 19.0. The van der Waals surface area contributed by atoms with Crippen molar-refractivity contribution in [3.05, 3.63) is 35.7 Å². The molecule has 32 heavy (non-hydrogen) atoms. The summed E-state index contributed by atoms with van der Waals surface area (Å²) in [7, 11) is 0. The van der Waals surface area contributed by atoms with Crippen molar-refractivity contribution in [2.45, 2.75) is 45.4 Å². The molecule has 0 radical (unpaired) electrons. The molecule has 8 heteroatoms. The molecule has 0 spiro atoms. The maximum Gasteiger partial charge on any atom is 0.195 e. The van der Waals surface area contributed by atoms with E-state index in [1.54, 1.807) is 0 Å². The molecule has 1 saturated carbocycles. The van der Waals surface area contributed by atoms with Gasteiger partial charge in [-0.2, -0.15) is 5.10 Å². The van der Waals surface area contributed by atoms with Gasteiger partial charge in [0.25, 0.3) is 0 Å². The average molecular weight is 442 g/mol. The van der Waals surface area contributed by atoms with Gasteiger partial charge in [0.15, 0.2) is 17.5 Å². The van der Waals surface area contributed by atoms with Crippen LogP contribution in [0, 0.1) is 12.8 Å². The van der Waals surface area contributed by atoms with Crippen LogP contribution in [-0.2, 0) is 11.2 Å². The smallest absolute Gasteiger partial charge is 0.195 e. The van der Waals surface area contributed by atoms with Crippen molar-refractivity contribution < 1.29 is 14.2 Å². The highest BCUT2D eigenvalue weighted by Gasteiger charge is 2.20. The first-order valence-corrected chi connectivity index (χ1v) is 11.8. The van der Waals surface area contributed by atoms with Crippen LogP contribution in [-0.4, -0.2) is 55.7 Å². The molecular weight excluding hydrogens is 406 g/mol. The monoisotopic (exact) mass is 441 g/mol. The fourth-order valence-electron chi connectivity index (χ4n) is 3.52. The lowest BCUT2D eigenvalue weighted by Crippen LogP contribution is -2.32. The average Bonchev–Trinajstić information content (AvgIpc) is 3.57. The summed E-state index contributed by atoms with van der Waals surface area (Å²) in [6.07, 6.45) is 8.31. The molecule has 8 nitrogen and oxygen atoms in total. The molecule has 1 aromatic carbocycles.